The van der Waals surface area contributed by atoms with Crippen LogP contribution in [-0.4, -0.2) is 4.98 Å². The minimum absolute atomic E-state index is 0.535. The molecule has 3 aromatic carbocycles. The highest BCUT2D eigenvalue weighted by Gasteiger charge is 2.31. The van der Waals surface area contributed by atoms with Gasteiger partial charge in [0.1, 0.15) is 0 Å². The molecule has 1 aromatic heterocycles. The van der Waals surface area contributed by atoms with Gasteiger partial charge in [-0.2, -0.15) is 26.3 Å². The first kappa shape index (κ1) is 21.6. The molecule has 162 valence electrons. The third kappa shape index (κ3) is 4.37. The molecule has 7 heteroatoms. The third-order valence-corrected chi connectivity index (χ3v) is 5.03. The number of pyridine rings is 1. The summed E-state index contributed by atoms with van der Waals surface area (Å²) in [6, 6.07) is 20.0. The summed E-state index contributed by atoms with van der Waals surface area (Å²) in [7, 11) is 0. The van der Waals surface area contributed by atoms with Gasteiger partial charge < -0.3 is 0 Å². The molecule has 0 fully saturated rings. The molecular weight excluding hydrogens is 428 g/mol. The summed E-state index contributed by atoms with van der Waals surface area (Å²) in [6.07, 6.45) is -7.33. The van der Waals surface area contributed by atoms with Crippen molar-refractivity contribution in [1.29, 1.82) is 0 Å². The highest BCUT2D eigenvalue weighted by Crippen LogP contribution is 2.41. The molecule has 0 saturated heterocycles. The Morgan fingerprint density at radius 2 is 0.969 bits per heavy atom. The molecule has 0 unspecified atom stereocenters. The Kier molecular flexibility index (Phi) is 5.50. The SMILES string of the molecule is FC(F)(F)c1ccc(-c2cccc(-c3ccc(C(F)(F)F)cc3)c2-c2ccccn2)cc1. The number of hydrogen-bond donors (Lipinski definition) is 0. The average Bonchev–Trinajstić information content (AvgIpc) is 2.78. The molecule has 0 radical (unpaired) electrons. The van der Waals surface area contributed by atoms with Gasteiger partial charge in [-0.05, 0) is 58.7 Å². The Morgan fingerprint density at radius 1 is 0.500 bits per heavy atom. The molecule has 4 rings (SSSR count). The lowest BCUT2D eigenvalue weighted by atomic mass is 9.89. The predicted molar refractivity (Wildman–Crippen MR) is 111 cm³/mol. The number of hydrogen-bond acceptors (Lipinski definition) is 1. The summed E-state index contributed by atoms with van der Waals surface area (Å²) in [6.45, 7) is 0. The minimum atomic E-state index is -4.45. The van der Waals surface area contributed by atoms with E-state index < -0.39 is 23.5 Å². The zero-order chi connectivity index (χ0) is 22.9. The molecular formula is C25H15F6N. The van der Waals surface area contributed by atoms with Crippen LogP contribution in [0.1, 0.15) is 11.1 Å². The van der Waals surface area contributed by atoms with Gasteiger partial charge in [0.2, 0.25) is 0 Å². The van der Waals surface area contributed by atoms with Crippen LogP contribution in [0.5, 0.6) is 0 Å². The zero-order valence-electron chi connectivity index (χ0n) is 16.4. The van der Waals surface area contributed by atoms with Crippen molar-refractivity contribution in [3.63, 3.8) is 0 Å². The summed E-state index contributed by atoms with van der Waals surface area (Å²) in [4.78, 5) is 4.37. The molecule has 0 aliphatic heterocycles. The van der Waals surface area contributed by atoms with Crippen molar-refractivity contribution in [3.8, 4) is 33.5 Å². The summed E-state index contributed by atoms with van der Waals surface area (Å²) < 4.78 is 77.9. The molecule has 0 atom stereocenters. The van der Waals surface area contributed by atoms with E-state index in [2.05, 4.69) is 4.98 Å². The molecule has 32 heavy (non-hydrogen) atoms. The van der Waals surface area contributed by atoms with Crippen molar-refractivity contribution in [2.45, 2.75) is 12.4 Å². The lowest BCUT2D eigenvalue weighted by Crippen LogP contribution is -2.04. The van der Waals surface area contributed by atoms with E-state index >= 15 is 0 Å². The Hall–Kier alpha value is -3.61. The van der Waals surface area contributed by atoms with Gasteiger partial charge in [0.05, 0.1) is 16.8 Å². The first-order chi connectivity index (χ1) is 15.1. The van der Waals surface area contributed by atoms with E-state index in [1.807, 2.05) is 0 Å². The van der Waals surface area contributed by atoms with Crippen LogP contribution in [0.4, 0.5) is 26.3 Å². The standard InChI is InChI=1S/C25H15F6N/c26-24(27,28)18-11-7-16(8-12-18)20-4-3-5-21(23(20)22-6-1-2-15-32-22)17-9-13-19(14-10-17)25(29,30)31/h1-15H. The van der Waals surface area contributed by atoms with E-state index in [0.717, 1.165) is 24.3 Å². The Bertz CT molecular complexity index is 1130. The molecule has 0 aliphatic carbocycles. The topological polar surface area (TPSA) is 12.9 Å². The van der Waals surface area contributed by atoms with Gasteiger partial charge in [-0.3, -0.25) is 4.98 Å². The first-order valence-corrected chi connectivity index (χ1v) is 9.54. The van der Waals surface area contributed by atoms with Crippen LogP contribution in [0.2, 0.25) is 0 Å². The van der Waals surface area contributed by atoms with E-state index in [0.29, 0.717) is 33.5 Å². The fourth-order valence-electron chi connectivity index (χ4n) is 3.50. The van der Waals surface area contributed by atoms with Crippen LogP contribution in [-0.2, 0) is 12.4 Å². The summed E-state index contributed by atoms with van der Waals surface area (Å²) in [5.41, 5.74) is 1.95. The first-order valence-electron chi connectivity index (χ1n) is 9.54. The number of benzene rings is 3. The van der Waals surface area contributed by atoms with Crippen LogP contribution >= 0.6 is 0 Å². The second kappa shape index (κ2) is 8.15. The largest absolute Gasteiger partial charge is 0.416 e. The van der Waals surface area contributed by atoms with Gasteiger partial charge in [-0.15, -0.1) is 0 Å². The van der Waals surface area contributed by atoms with E-state index in [-0.39, 0.29) is 0 Å². The summed E-state index contributed by atoms with van der Waals surface area (Å²) >= 11 is 0. The smallest absolute Gasteiger partial charge is 0.256 e. The quantitative estimate of drug-likeness (QED) is 0.291. The van der Waals surface area contributed by atoms with E-state index in [1.54, 1.807) is 42.6 Å². The number of halogens is 6. The van der Waals surface area contributed by atoms with Gasteiger partial charge in [0, 0.05) is 11.8 Å². The normalized spacial score (nSPS) is 12.1. The van der Waals surface area contributed by atoms with E-state index in [4.69, 9.17) is 0 Å². The fourth-order valence-corrected chi connectivity index (χ4v) is 3.50. The third-order valence-electron chi connectivity index (χ3n) is 5.03. The maximum Gasteiger partial charge on any atom is 0.416 e. The highest BCUT2D eigenvalue weighted by molar-refractivity contribution is 5.93. The number of aromatic nitrogens is 1. The van der Waals surface area contributed by atoms with Crippen LogP contribution < -0.4 is 0 Å². The monoisotopic (exact) mass is 443 g/mol. The number of alkyl halides is 6. The maximum absolute atomic E-state index is 13.0. The number of nitrogens with zero attached hydrogens (tertiary/aromatic N) is 1. The van der Waals surface area contributed by atoms with Crippen molar-refractivity contribution in [1.82, 2.24) is 4.98 Å². The molecule has 1 heterocycles. The van der Waals surface area contributed by atoms with Gasteiger partial charge in [0.25, 0.3) is 0 Å². The van der Waals surface area contributed by atoms with Crippen molar-refractivity contribution in [2.75, 3.05) is 0 Å². The van der Waals surface area contributed by atoms with Gasteiger partial charge in [-0.1, -0.05) is 48.5 Å². The summed E-state index contributed by atoms with van der Waals surface area (Å²) in [5, 5.41) is 0. The molecule has 0 saturated carbocycles. The van der Waals surface area contributed by atoms with Gasteiger partial charge >= 0.3 is 12.4 Å². The Labute approximate surface area is 180 Å². The predicted octanol–water partition coefficient (Wildman–Crippen LogP) is 8.12. The molecule has 0 spiro atoms. The number of rotatable bonds is 3. The van der Waals surface area contributed by atoms with E-state index in [1.165, 1.54) is 24.3 Å². The van der Waals surface area contributed by atoms with Crippen molar-refractivity contribution >= 4 is 0 Å². The van der Waals surface area contributed by atoms with Crippen LogP contribution in [0.25, 0.3) is 33.5 Å². The highest BCUT2D eigenvalue weighted by atomic mass is 19.4. The average molecular weight is 443 g/mol. The second-order valence-corrected chi connectivity index (χ2v) is 7.09. The lowest BCUT2D eigenvalue weighted by molar-refractivity contribution is -0.138. The second-order valence-electron chi connectivity index (χ2n) is 7.09. The molecule has 0 aliphatic rings. The molecule has 0 amide bonds. The van der Waals surface area contributed by atoms with Crippen molar-refractivity contribution in [3.05, 3.63) is 102 Å². The van der Waals surface area contributed by atoms with Gasteiger partial charge in [0.15, 0.2) is 0 Å². The van der Waals surface area contributed by atoms with Crippen molar-refractivity contribution in [2.24, 2.45) is 0 Å². The van der Waals surface area contributed by atoms with Gasteiger partial charge in [-0.25, -0.2) is 0 Å². The molecule has 4 aromatic rings. The van der Waals surface area contributed by atoms with E-state index in [9.17, 15) is 26.3 Å². The van der Waals surface area contributed by atoms with Crippen LogP contribution in [0.3, 0.4) is 0 Å². The summed E-state index contributed by atoms with van der Waals surface area (Å²) in [5.74, 6) is 0. The lowest BCUT2D eigenvalue weighted by Gasteiger charge is -2.16. The molecule has 1 nitrogen and oxygen atoms in total. The molecule has 0 N–H and O–H groups in total. The maximum atomic E-state index is 13.0. The van der Waals surface area contributed by atoms with Crippen molar-refractivity contribution < 1.29 is 26.3 Å². The van der Waals surface area contributed by atoms with Crippen LogP contribution in [0, 0.1) is 0 Å². The minimum Gasteiger partial charge on any atom is -0.256 e. The Balaban J connectivity index is 1.89. The zero-order valence-corrected chi connectivity index (χ0v) is 16.4. The van der Waals surface area contributed by atoms with Crippen LogP contribution in [0.15, 0.2) is 91.1 Å². The fraction of sp³-hybridized carbons (Fsp3) is 0.0800. The Morgan fingerprint density at radius 3 is 1.34 bits per heavy atom. The molecule has 0 bridgehead atoms.